The molecule has 0 radical (unpaired) electrons. The molecule has 1 amide bonds. The predicted molar refractivity (Wildman–Crippen MR) is 75.9 cm³/mol. The van der Waals surface area contributed by atoms with Crippen molar-refractivity contribution in [3.63, 3.8) is 0 Å². The highest BCUT2D eigenvalue weighted by atomic mass is 32.2. The highest BCUT2D eigenvalue weighted by Crippen LogP contribution is 2.26. The van der Waals surface area contributed by atoms with Crippen molar-refractivity contribution in [1.29, 1.82) is 0 Å². The fourth-order valence-corrected chi connectivity index (χ4v) is 2.44. The molecule has 1 aliphatic rings. The Hall–Kier alpha value is -1.62. The van der Waals surface area contributed by atoms with Gasteiger partial charge in [-0.25, -0.2) is 5.01 Å². The van der Waals surface area contributed by atoms with E-state index in [1.165, 1.54) is 11.8 Å². The molecule has 2 rings (SSSR count). The molecule has 0 aliphatic carbocycles. The average molecular weight is 261 g/mol. The van der Waals surface area contributed by atoms with Crippen LogP contribution in [0.25, 0.3) is 0 Å². The van der Waals surface area contributed by atoms with E-state index in [0.29, 0.717) is 5.17 Å². The summed E-state index contributed by atoms with van der Waals surface area (Å²) in [6.07, 6.45) is 2.56. The van der Waals surface area contributed by atoms with E-state index in [1.54, 1.807) is 18.3 Å². The Morgan fingerprint density at radius 1 is 1.44 bits per heavy atom. The first-order valence-corrected chi connectivity index (χ1v) is 6.70. The number of hydrogen-bond donors (Lipinski definition) is 0. The first-order valence-electron chi connectivity index (χ1n) is 5.82. The Kier molecular flexibility index (Phi) is 4.15. The van der Waals surface area contributed by atoms with Gasteiger partial charge in [-0.15, -0.1) is 0 Å². The maximum absolute atomic E-state index is 11.5. The molecule has 0 spiro atoms. The van der Waals surface area contributed by atoms with Gasteiger partial charge in [-0.2, -0.15) is 10.1 Å². The molecule has 0 bridgehead atoms. The minimum absolute atomic E-state index is 0.0469. The van der Waals surface area contributed by atoms with Crippen LogP contribution >= 0.6 is 11.8 Å². The lowest BCUT2D eigenvalue weighted by atomic mass is 10.2. The molecule has 1 heterocycles. The zero-order valence-corrected chi connectivity index (χ0v) is 11.2. The van der Waals surface area contributed by atoms with Crippen molar-refractivity contribution in [1.82, 2.24) is 5.01 Å². The van der Waals surface area contributed by atoms with Gasteiger partial charge in [-0.3, -0.25) is 4.79 Å². The largest absolute Gasteiger partial charge is 0.271 e. The molecule has 18 heavy (non-hydrogen) atoms. The van der Waals surface area contributed by atoms with Crippen LogP contribution in [0.4, 0.5) is 0 Å². The molecule has 0 fully saturated rings. The van der Waals surface area contributed by atoms with Crippen LogP contribution in [-0.2, 0) is 4.79 Å². The minimum atomic E-state index is -0.0562. The quantitative estimate of drug-likeness (QED) is 0.620. The molecule has 94 valence electrons. The third-order valence-electron chi connectivity index (χ3n) is 2.56. The molecule has 1 atom stereocenters. The Bertz CT molecular complexity index is 484. The predicted octanol–water partition coefficient (Wildman–Crippen LogP) is 2.36. The van der Waals surface area contributed by atoms with Crippen LogP contribution in [0.3, 0.4) is 0 Å². The molecule has 0 N–H and O–H groups in total. The van der Waals surface area contributed by atoms with E-state index in [9.17, 15) is 4.79 Å². The van der Waals surface area contributed by atoms with E-state index in [1.807, 2.05) is 37.3 Å². The fourth-order valence-electron chi connectivity index (χ4n) is 1.52. The Labute approximate surface area is 111 Å². The molecule has 1 aliphatic heterocycles. The second-order valence-electron chi connectivity index (χ2n) is 3.93. The zero-order valence-electron chi connectivity index (χ0n) is 10.4. The number of aliphatic imine (C=N–C) groups is 1. The summed E-state index contributed by atoms with van der Waals surface area (Å²) in [5.41, 5.74) is 1.02. The van der Waals surface area contributed by atoms with E-state index in [0.717, 1.165) is 12.0 Å². The van der Waals surface area contributed by atoms with E-state index < -0.39 is 0 Å². The second kappa shape index (κ2) is 5.82. The summed E-state index contributed by atoms with van der Waals surface area (Å²) in [7, 11) is 1.80. The monoisotopic (exact) mass is 261 g/mol. The van der Waals surface area contributed by atoms with Crippen molar-refractivity contribution in [3.05, 3.63) is 35.9 Å². The van der Waals surface area contributed by atoms with Gasteiger partial charge in [-0.05, 0) is 12.0 Å². The van der Waals surface area contributed by atoms with Crippen LogP contribution in [-0.4, -0.2) is 34.6 Å². The first-order chi connectivity index (χ1) is 8.70. The van der Waals surface area contributed by atoms with Gasteiger partial charge < -0.3 is 0 Å². The molecule has 5 heteroatoms. The molecular formula is C13H15N3OS. The fraction of sp³-hybridized carbons (Fsp3) is 0.308. The van der Waals surface area contributed by atoms with Crippen molar-refractivity contribution < 1.29 is 4.79 Å². The SMILES string of the molecule is CCC1SC(N(C)/N=C\c2ccccc2)=NC1=O. The molecule has 1 aromatic carbocycles. The molecule has 0 aromatic heterocycles. The topological polar surface area (TPSA) is 45.0 Å². The number of nitrogens with zero attached hydrogens (tertiary/aromatic N) is 3. The molecule has 1 unspecified atom stereocenters. The van der Waals surface area contributed by atoms with Crippen molar-refractivity contribution in [2.75, 3.05) is 7.05 Å². The van der Waals surface area contributed by atoms with Gasteiger partial charge in [0.15, 0.2) is 5.17 Å². The van der Waals surface area contributed by atoms with Crippen molar-refractivity contribution >= 4 is 29.1 Å². The number of thioether (sulfide) groups is 1. The van der Waals surface area contributed by atoms with Gasteiger partial charge >= 0.3 is 0 Å². The number of rotatable bonds is 3. The highest BCUT2D eigenvalue weighted by Gasteiger charge is 2.28. The number of amides is 1. The summed E-state index contributed by atoms with van der Waals surface area (Å²) in [5.74, 6) is -0.0562. The van der Waals surface area contributed by atoms with Gasteiger partial charge in [0.2, 0.25) is 0 Å². The molecule has 0 saturated heterocycles. The number of carbonyl (C=O) groups is 1. The van der Waals surface area contributed by atoms with E-state index in [-0.39, 0.29) is 11.2 Å². The lowest BCUT2D eigenvalue weighted by Gasteiger charge is -2.11. The standard InChI is InChI=1S/C13H15N3OS/c1-3-11-12(17)15-13(18-11)16(2)14-9-10-7-5-4-6-8-10/h4-9,11H,3H2,1-2H3/b14-9-. The molecule has 0 saturated carbocycles. The van der Waals surface area contributed by atoms with Gasteiger partial charge in [0, 0.05) is 7.05 Å². The summed E-state index contributed by atoms with van der Waals surface area (Å²) in [5, 5.41) is 6.55. The second-order valence-corrected chi connectivity index (χ2v) is 5.10. The summed E-state index contributed by atoms with van der Waals surface area (Å²) < 4.78 is 0. The average Bonchev–Trinajstić information content (AvgIpc) is 2.78. The highest BCUT2D eigenvalue weighted by molar-refractivity contribution is 8.15. The third kappa shape index (κ3) is 2.98. The third-order valence-corrected chi connectivity index (χ3v) is 3.94. The number of benzene rings is 1. The Balaban J connectivity index is 2.01. The lowest BCUT2D eigenvalue weighted by molar-refractivity contribution is -0.117. The molecular weight excluding hydrogens is 246 g/mol. The molecule has 1 aromatic rings. The first kappa shape index (κ1) is 12.8. The Morgan fingerprint density at radius 3 is 2.78 bits per heavy atom. The number of carbonyl (C=O) groups excluding carboxylic acids is 1. The van der Waals surface area contributed by atoms with Crippen LogP contribution in [0.2, 0.25) is 0 Å². The number of hydrogen-bond acceptors (Lipinski definition) is 4. The minimum Gasteiger partial charge on any atom is -0.271 e. The van der Waals surface area contributed by atoms with Crippen LogP contribution in [0.5, 0.6) is 0 Å². The van der Waals surface area contributed by atoms with Crippen LogP contribution < -0.4 is 0 Å². The zero-order chi connectivity index (χ0) is 13.0. The van der Waals surface area contributed by atoms with Crippen molar-refractivity contribution in [3.8, 4) is 0 Å². The normalized spacial score (nSPS) is 19.3. The van der Waals surface area contributed by atoms with Crippen molar-refractivity contribution in [2.24, 2.45) is 10.1 Å². The summed E-state index contributed by atoms with van der Waals surface area (Å²) in [6.45, 7) is 1.99. The summed E-state index contributed by atoms with van der Waals surface area (Å²) in [4.78, 5) is 15.5. The van der Waals surface area contributed by atoms with Gasteiger partial charge in [0.05, 0.1) is 11.5 Å². The van der Waals surface area contributed by atoms with Gasteiger partial charge in [0.25, 0.3) is 5.91 Å². The van der Waals surface area contributed by atoms with Gasteiger partial charge in [0.1, 0.15) is 0 Å². The van der Waals surface area contributed by atoms with E-state index >= 15 is 0 Å². The Morgan fingerprint density at radius 2 is 2.17 bits per heavy atom. The van der Waals surface area contributed by atoms with E-state index in [4.69, 9.17) is 0 Å². The summed E-state index contributed by atoms with van der Waals surface area (Å²) >= 11 is 1.47. The van der Waals surface area contributed by atoms with E-state index in [2.05, 4.69) is 10.1 Å². The number of amidine groups is 1. The maximum Gasteiger partial charge on any atom is 0.261 e. The maximum atomic E-state index is 11.5. The van der Waals surface area contributed by atoms with Crippen molar-refractivity contribution in [2.45, 2.75) is 18.6 Å². The van der Waals surface area contributed by atoms with Crippen LogP contribution in [0.1, 0.15) is 18.9 Å². The lowest BCUT2D eigenvalue weighted by Crippen LogP contribution is -2.17. The summed E-state index contributed by atoms with van der Waals surface area (Å²) in [6, 6.07) is 9.82. The smallest absolute Gasteiger partial charge is 0.261 e. The number of hydrazone groups is 1. The van der Waals surface area contributed by atoms with Crippen LogP contribution in [0, 0.1) is 0 Å². The van der Waals surface area contributed by atoms with Gasteiger partial charge in [-0.1, -0.05) is 49.0 Å². The van der Waals surface area contributed by atoms with Crippen LogP contribution in [0.15, 0.2) is 40.4 Å². The molecule has 4 nitrogen and oxygen atoms in total.